The normalized spacial score (nSPS) is 18.7. The second-order valence-electron chi connectivity index (χ2n) is 6.84. The molecule has 1 aromatic carbocycles. The monoisotopic (exact) mass is 351 g/mol. The summed E-state index contributed by atoms with van der Waals surface area (Å²) in [5.41, 5.74) is 9.37. The van der Waals surface area contributed by atoms with Crippen molar-refractivity contribution < 1.29 is 4.42 Å². The van der Waals surface area contributed by atoms with Crippen LogP contribution in [-0.2, 0) is 6.42 Å². The van der Waals surface area contributed by atoms with Crippen LogP contribution in [0.3, 0.4) is 0 Å². The SMILES string of the molecule is CNNC(=Nc1ccc2[nH]cc(C[C@@H]3CCCN3C)c2c1)c1ccco1. The van der Waals surface area contributed by atoms with Crippen molar-refractivity contribution in [3.63, 3.8) is 0 Å². The molecule has 4 rings (SSSR count). The molecule has 6 nitrogen and oxygen atoms in total. The van der Waals surface area contributed by atoms with Gasteiger partial charge in [-0.2, -0.15) is 0 Å². The zero-order chi connectivity index (χ0) is 17.9. The van der Waals surface area contributed by atoms with Gasteiger partial charge in [-0.3, -0.25) is 0 Å². The Hall–Kier alpha value is -2.57. The van der Waals surface area contributed by atoms with Gasteiger partial charge in [-0.1, -0.05) is 0 Å². The van der Waals surface area contributed by atoms with Gasteiger partial charge in [0.1, 0.15) is 0 Å². The molecule has 1 fully saturated rings. The largest absolute Gasteiger partial charge is 0.461 e. The number of furan rings is 1. The highest BCUT2D eigenvalue weighted by atomic mass is 16.3. The molecule has 1 saturated heterocycles. The molecular weight excluding hydrogens is 326 g/mol. The van der Waals surface area contributed by atoms with Crippen molar-refractivity contribution in [3.05, 3.63) is 54.1 Å². The molecule has 1 aliphatic rings. The summed E-state index contributed by atoms with van der Waals surface area (Å²) in [5, 5.41) is 1.25. The number of likely N-dealkylation sites (N-methyl/N-ethyl adjacent to an activating group) is 1. The molecule has 1 aliphatic heterocycles. The van der Waals surface area contributed by atoms with Crippen molar-refractivity contribution in [2.24, 2.45) is 4.99 Å². The first kappa shape index (κ1) is 16.9. The van der Waals surface area contributed by atoms with Gasteiger partial charge >= 0.3 is 0 Å². The minimum absolute atomic E-state index is 0.630. The second-order valence-corrected chi connectivity index (χ2v) is 6.84. The molecule has 3 heterocycles. The van der Waals surface area contributed by atoms with Crippen molar-refractivity contribution in [2.75, 3.05) is 20.6 Å². The Morgan fingerprint density at radius 2 is 2.31 bits per heavy atom. The van der Waals surface area contributed by atoms with Gasteiger partial charge in [0.2, 0.25) is 0 Å². The third-order valence-electron chi connectivity index (χ3n) is 5.12. The van der Waals surface area contributed by atoms with E-state index in [2.05, 4.69) is 46.1 Å². The minimum atomic E-state index is 0.630. The van der Waals surface area contributed by atoms with E-state index in [4.69, 9.17) is 9.41 Å². The number of likely N-dealkylation sites (tertiary alicyclic amines) is 1. The van der Waals surface area contributed by atoms with Crippen LogP contribution in [0.5, 0.6) is 0 Å². The van der Waals surface area contributed by atoms with E-state index in [-0.39, 0.29) is 0 Å². The van der Waals surface area contributed by atoms with Crippen LogP contribution >= 0.6 is 0 Å². The lowest BCUT2D eigenvalue weighted by atomic mass is 10.0. The highest BCUT2D eigenvalue weighted by molar-refractivity contribution is 5.98. The number of aromatic nitrogens is 1. The molecule has 6 heteroatoms. The zero-order valence-electron chi connectivity index (χ0n) is 15.2. The average Bonchev–Trinajstić information content (AvgIpc) is 3.38. The Balaban J connectivity index is 1.66. The lowest BCUT2D eigenvalue weighted by Gasteiger charge is -2.18. The molecule has 136 valence electrons. The number of nitrogens with zero attached hydrogens (tertiary/aromatic N) is 2. The Morgan fingerprint density at radius 1 is 1.38 bits per heavy atom. The molecule has 1 atom stereocenters. The minimum Gasteiger partial charge on any atom is -0.461 e. The molecule has 0 aliphatic carbocycles. The number of benzene rings is 1. The maximum absolute atomic E-state index is 5.47. The Labute approximate surface area is 153 Å². The molecule has 0 saturated carbocycles. The summed E-state index contributed by atoms with van der Waals surface area (Å²) in [4.78, 5) is 10.6. The summed E-state index contributed by atoms with van der Waals surface area (Å²) in [6, 6.07) is 10.6. The van der Waals surface area contributed by atoms with Crippen LogP contribution in [-0.4, -0.2) is 42.4 Å². The standard InChI is InChI=1S/C20H25N5O/c1-21-24-20(19-6-4-10-26-19)23-15-7-8-18-17(12-15)14(13-22-18)11-16-5-3-9-25(16)2/h4,6-8,10,12-13,16,21-22H,3,5,9,11H2,1-2H3,(H,23,24)/t16-/m0/s1. The summed E-state index contributed by atoms with van der Waals surface area (Å²) >= 11 is 0. The van der Waals surface area contributed by atoms with Crippen LogP contribution in [0.4, 0.5) is 5.69 Å². The van der Waals surface area contributed by atoms with Crippen molar-refractivity contribution in [2.45, 2.75) is 25.3 Å². The maximum atomic E-state index is 5.47. The predicted molar refractivity (Wildman–Crippen MR) is 105 cm³/mol. The van der Waals surface area contributed by atoms with Crippen molar-refractivity contribution >= 4 is 22.4 Å². The van der Waals surface area contributed by atoms with Crippen LogP contribution in [0.15, 0.2) is 52.2 Å². The zero-order valence-corrected chi connectivity index (χ0v) is 15.2. The summed E-state index contributed by atoms with van der Waals surface area (Å²) in [7, 11) is 4.03. The summed E-state index contributed by atoms with van der Waals surface area (Å²) in [6.07, 6.45) is 7.43. The summed E-state index contributed by atoms with van der Waals surface area (Å²) < 4.78 is 5.47. The van der Waals surface area contributed by atoms with E-state index in [0.717, 1.165) is 17.6 Å². The van der Waals surface area contributed by atoms with E-state index >= 15 is 0 Å². The van der Waals surface area contributed by atoms with Crippen molar-refractivity contribution in [1.82, 2.24) is 20.7 Å². The molecule has 26 heavy (non-hydrogen) atoms. The molecule has 0 radical (unpaired) electrons. The number of hydrazine groups is 1. The first-order chi connectivity index (χ1) is 12.7. The highest BCUT2D eigenvalue weighted by Gasteiger charge is 2.22. The van der Waals surface area contributed by atoms with Crippen LogP contribution < -0.4 is 10.9 Å². The summed E-state index contributed by atoms with van der Waals surface area (Å²) in [5.74, 6) is 1.35. The molecule has 3 N–H and O–H groups in total. The van der Waals surface area contributed by atoms with Gasteiger partial charge in [-0.15, -0.1) is 0 Å². The number of aliphatic imine (C=N–C) groups is 1. The van der Waals surface area contributed by atoms with Gasteiger partial charge in [-0.05, 0) is 68.8 Å². The predicted octanol–water partition coefficient (Wildman–Crippen LogP) is 3.20. The Morgan fingerprint density at radius 3 is 3.04 bits per heavy atom. The van der Waals surface area contributed by atoms with Crippen LogP contribution in [0.1, 0.15) is 24.2 Å². The molecule has 3 aromatic rings. The Bertz CT molecular complexity index is 896. The average molecular weight is 351 g/mol. The van der Waals surface area contributed by atoms with E-state index in [1.54, 1.807) is 6.26 Å². The van der Waals surface area contributed by atoms with E-state index in [0.29, 0.717) is 17.6 Å². The molecule has 0 spiro atoms. The molecule has 2 aromatic heterocycles. The number of amidine groups is 1. The smallest absolute Gasteiger partial charge is 0.184 e. The van der Waals surface area contributed by atoms with E-state index < -0.39 is 0 Å². The van der Waals surface area contributed by atoms with E-state index in [1.165, 1.54) is 30.3 Å². The first-order valence-corrected chi connectivity index (χ1v) is 9.10. The van der Waals surface area contributed by atoms with E-state index in [1.807, 2.05) is 25.2 Å². The fraction of sp³-hybridized carbons (Fsp3) is 0.350. The fourth-order valence-corrected chi connectivity index (χ4v) is 3.70. The lowest BCUT2D eigenvalue weighted by molar-refractivity contribution is 0.310. The molecular formula is C20H25N5O. The Kier molecular flexibility index (Phi) is 4.77. The number of nitrogens with one attached hydrogen (secondary N) is 3. The first-order valence-electron chi connectivity index (χ1n) is 9.10. The van der Waals surface area contributed by atoms with Crippen LogP contribution in [0, 0.1) is 0 Å². The fourth-order valence-electron chi connectivity index (χ4n) is 3.70. The molecule has 0 amide bonds. The number of rotatable bonds is 5. The second kappa shape index (κ2) is 7.35. The van der Waals surface area contributed by atoms with Gasteiger partial charge in [0.15, 0.2) is 11.6 Å². The van der Waals surface area contributed by atoms with E-state index in [9.17, 15) is 0 Å². The highest BCUT2D eigenvalue weighted by Crippen LogP contribution is 2.28. The number of fused-ring (bicyclic) bond motifs is 1. The third kappa shape index (κ3) is 3.38. The van der Waals surface area contributed by atoms with Crippen LogP contribution in [0.2, 0.25) is 0 Å². The maximum Gasteiger partial charge on any atom is 0.184 e. The van der Waals surface area contributed by atoms with Gasteiger partial charge in [0.05, 0.1) is 12.0 Å². The van der Waals surface area contributed by atoms with Gasteiger partial charge in [-0.25, -0.2) is 10.4 Å². The van der Waals surface area contributed by atoms with Crippen LogP contribution in [0.25, 0.3) is 10.9 Å². The number of aromatic amines is 1. The quantitative estimate of drug-likeness (QED) is 0.375. The lowest BCUT2D eigenvalue weighted by Crippen LogP contribution is -2.34. The number of H-pyrrole nitrogens is 1. The van der Waals surface area contributed by atoms with Gasteiger partial charge in [0, 0.05) is 30.2 Å². The topological polar surface area (TPSA) is 68.6 Å². The van der Waals surface area contributed by atoms with Crippen molar-refractivity contribution in [3.8, 4) is 0 Å². The van der Waals surface area contributed by atoms with Gasteiger partial charge < -0.3 is 19.7 Å². The summed E-state index contributed by atoms with van der Waals surface area (Å²) in [6.45, 7) is 1.20. The van der Waals surface area contributed by atoms with Crippen molar-refractivity contribution in [1.29, 1.82) is 0 Å². The number of hydrogen-bond donors (Lipinski definition) is 3. The number of hydrogen-bond acceptors (Lipinski definition) is 4. The molecule has 0 unspecified atom stereocenters. The third-order valence-corrected chi connectivity index (χ3v) is 5.12. The molecule has 0 bridgehead atoms. The van der Waals surface area contributed by atoms with Gasteiger partial charge in [0.25, 0.3) is 0 Å².